The van der Waals surface area contributed by atoms with E-state index in [2.05, 4.69) is 5.16 Å². The largest absolute Gasteiger partial charge is 0.411 e. The van der Waals surface area contributed by atoms with Gasteiger partial charge in [0.1, 0.15) is 5.71 Å². The minimum Gasteiger partial charge on any atom is -0.411 e. The van der Waals surface area contributed by atoms with Crippen LogP contribution in [0.15, 0.2) is 29.4 Å². The van der Waals surface area contributed by atoms with Gasteiger partial charge in [0.15, 0.2) is 0 Å². The molecule has 0 radical (unpaired) electrons. The predicted molar refractivity (Wildman–Crippen MR) is 48.6 cm³/mol. The third-order valence-corrected chi connectivity index (χ3v) is 1.70. The summed E-state index contributed by atoms with van der Waals surface area (Å²) < 4.78 is 0. The molecule has 12 heavy (non-hydrogen) atoms. The van der Waals surface area contributed by atoms with Crippen LogP contribution in [0.1, 0.15) is 11.1 Å². The maximum atomic E-state index is 8.56. The van der Waals surface area contributed by atoms with E-state index in [4.69, 9.17) is 10.9 Å². The number of oxime groups is 1. The van der Waals surface area contributed by atoms with Crippen molar-refractivity contribution in [3.63, 3.8) is 0 Å². The Morgan fingerprint density at radius 3 is 2.42 bits per heavy atom. The fraction of sp³-hybridized carbons (Fsp3) is 0.222. The minimum absolute atomic E-state index is 0.250. The summed E-state index contributed by atoms with van der Waals surface area (Å²) in [7, 11) is 0. The molecule has 0 spiro atoms. The molecule has 3 nitrogen and oxygen atoms in total. The van der Waals surface area contributed by atoms with Gasteiger partial charge in [-0.2, -0.15) is 0 Å². The molecule has 1 rings (SSSR count). The molecular weight excluding hydrogens is 152 g/mol. The van der Waals surface area contributed by atoms with E-state index in [0.717, 1.165) is 5.56 Å². The van der Waals surface area contributed by atoms with Crippen LogP contribution in [0.3, 0.4) is 0 Å². The number of nitrogens with zero attached hydrogens (tertiary/aromatic N) is 1. The maximum Gasteiger partial charge on any atom is 0.100 e. The lowest BCUT2D eigenvalue weighted by Crippen LogP contribution is -2.14. The SMILES string of the molecule is Cc1ccc(/C(CN)=N\O)cc1. The lowest BCUT2D eigenvalue weighted by atomic mass is 10.1. The van der Waals surface area contributed by atoms with Gasteiger partial charge in [0.25, 0.3) is 0 Å². The Kier molecular flexibility index (Phi) is 2.82. The van der Waals surface area contributed by atoms with Gasteiger partial charge in [-0.3, -0.25) is 0 Å². The minimum atomic E-state index is 0.250. The number of benzene rings is 1. The topological polar surface area (TPSA) is 58.6 Å². The van der Waals surface area contributed by atoms with E-state index in [1.165, 1.54) is 5.56 Å². The Morgan fingerprint density at radius 1 is 1.42 bits per heavy atom. The van der Waals surface area contributed by atoms with Crippen molar-refractivity contribution in [1.29, 1.82) is 0 Å². The zero-order valence-electron chi connectivity index (χ0n) is 6.99. The van der Waals surface area contributed by atoms with Crippen LogP contribution in [0.25, 0.3) is 0 Å². The van der Waals surface area contributed by atoms with Crippen molar-refractivity contribution in [3.05, 3.63) is 35.4 Å². The van der Waals surface area contributed by atoms with Crippen molar-refractivity contribution < 1.29 is 5.21 Å². The smallest absolute Gasteiger partial charge is 0.100 e. The number of rotatable bonds is 2. The van der Waals surface area contributed by atoms with Gasteiger partial charge in [-0.05, 0) is 6.92 Å². The number of nitrogens with two attached hydrogens (primary N) is 1. The monoisotopic (exact) mass is 164 g/mol. The summed E-state index contributed by atoms with van der Waals surface area (Å²) in [6.07, 6.45) is 0. The van der Waals surface area contributed by atoms with E-state index < -0.39 is 0 Å². The molecule has 3 N–H and O–H groups in total. The molecule has 0 unspecified atom stereocenters. The van der Waals surface area contributed by atoms with E-state index >= 15 is 0 Å². The summed E-state index contributed by atoms with van der Waals surface area (Å²) in [6.45, 7) is 2.25. The zero-order valence-corrected chi connectivity index (χ0v) is 6.99. The predicted octanol–water partition coefficient (Wildman–Crippen LogP) is 1.13. The second-order valence-corrected chi connectivity index (χ2v) is 2.62. The molecule has 3 heteroatoms. The Morgan fingerprint density at radius 2 is 2.00 bits per heavy atom. The summed E-state index contributed by atoms with van der Waals surface area (Å²) in [5.41, 5.74) is 7.91. The van der Waals surface area contributed by atoms with E-state index in [9.17, 15) is 0 Å². The van der Waals surface area contributed by atoms with E-state index in [0.29, 0.717) is 5.71 Å². The third kappa shape index (κ3) is 1.83. The fourth-order valence-corrected chi connectivity index (χ4v) is 0.962. The summed E-state index contributed by atoms with van der Waals surface area (Å²) in [5, 5.41) is 11.7. The molecule has 0 saturated heterocycles. The highest BCUT2D eigenvalue weighted by atomic mass is 16.4. The van der Waals surface area contributed by atoms with Gasteiger partial charge in [-0.15, -0.1) is 0 Å². The van der Waals surface area contributed by atoms with Gasteiger partial charge in [-0.25, -0.2) is 0 Å². The molecule has 1 aromatic rings. The average molecular weight is 164 g/mol. The number of hydrogen-bond acceptors (Lipinski definition) is 3. The number of aryl methyl sites for hydroxylation is 1. The lowest BCUT2D eigenvalue weighted by molar-refractivity contribution is 0.318. The van der Waals surface area contributed by atoms with Gasteiger partial charge in [0.05, 0.1) is 0 Å². The molecule has 0 heterocycles. The molecule has 64 valence electrons. The molecule has 1 aromatic carbocycles. The fourth-order valence-electron chi connectivity index (χ4n) is 0.962. The number of hydrogen-bond donors (Lipinski definition) is 2. The Balaban J connectivity index is 2.96. The molecule has 0 fully saturated rings. The van der Waals surface area contributed by atoms with Crippen LogP contribution in [0.4, 0.5) is 0 Å². The van der Waals surface area contributed by atoms with Crippen LogP contribution in [0.2, 0.25) is 0 Å². The summed E-state index contributed by atoms with van der Waals surface area (Å²) in [5.74, 6) is 0. The molecule has 0 atom stereocenters. The highest BCUT2D eigenvalue weighted by Gasteiger charge is 1.99. The first kappa shape index (κ1) is 8.74. The van der Waals surface area contributed by atoms with Gasteiger partial charge in [0, 0.05) is 12.1 Å². The molecule has 0 amide bonds. The molecule has 0 aliphatic heterocycles. The van der Waals surface area contributed by atoms with Crippen molar-refractivity contribution in [2.24, 2.45) is 10.9 Å². The quantitative estimate of drug-likeness (QED) is 0.391. The molecule has 0 aliphatic carbocycles. The van der Waals surface area contributed by atoms with E-state index in [1.54, 1.807) is 0 Å². The Hall–Kier alpha value is -1.35. The van der Waals surface area contributed by atoms with Crippen molar-refractivity contribution in [3.8, 4) is 0 Å². The van der Waals surface area contributed by atoms with Crippen LogP contribution < -0.4 is 5.73 Å². The van der Waals surface area contributed by atoms with Crippen LogP contribution >= 0.6 is 0 Å². The zero-order chi connectivity index (χ0) is 8.97. The Labute approximate surface area is 71.5 Å². The maximum absolute atomic E-state index is 8.56. The van der Waals surface area contributed by atoms with Crippen molar-refractivity contribution >= 4 is 5.71 Å². The molecule has 0 aromatic heterocycles. The van der Waals surface area contributed by atoms with Gasteiger partial charge >= 0.3 is 0 Å². The second-order valence-electron chi connectivity index (χ2n) is 2.62. The highest BCUT2D eigenvalue weighted by molar-refractivity contribution is 6.01. The highest BCUT2D eigenvalue weighted by Crippen LogP contribution is 2.03. The van der Waals surface area contributed by atoms with Gasteiger partial charge in [-0.1, -0.05) is 35.0 Å². The van der Waals surface area contributed by atoms with Crippen LogP contribution in [0, 0.1) is 6.92 Å². The van der Waals surface area contributed by atoms with E-state index in [1.807, 2.05) is 31.2 Å². The van der Waals surface area contributed by atoms with E-state index in [-0.39, 0.29) is 6.54 Å². The molecular formula is C9H12N2O. The third-order valence-electron chi connectivity index (χ3n) is 1.70. The van der Waals surface area contributed by atoms with Crippen LogP contribution in [-0.2, 0) is 0 Å². The summed E-state index contributed by atoms with van der Waals surface area (Å²) in [4.78, 5) is 0. The summed E-state index contributed by atoms with van der Waals surface area (Å²) in [6, 6.07) is 7.68. The first-order chi connectivity index (χ1) is 5.77. The normalized spacial score (nSPS) is 11.7. The van der Waals surface area contributed by atoms with Crippen molar-refractivity contribution in [2.45, 2.75) is 6.92 Å². The van der Waals surface area contributed by atoms with Gasteiger partial charge in [0.2, 0.25) is 0 Å². The molecule has 0 bridgehead atoms. The Bertz CT molecular complexity index is 277. The van der Waals surface area contributed by atoms with Gasteiger partial charge < -0.3 is 10.9 Å². The summed E-state index contributed by atoms with van der Waals surface area (Å²) >= 11 is 0. The van der Waals surface area contributed by atoms with Crippen molar-refractivity contribution in [1.82, 2.24) is 0 Å². The second kappa shape index (κ2) is 3.88. The lowest BCUT2D eigenvalue weighted by Gasteiger charge is -2.00. The standard InChI is InChI=1S/C9H12N2O/c1-7-2-4-8(5-3-7)9(6-10)11-12/h2-5,12H,6,10H2,1H3/b11-9-. The van der Waals surface area contributed by atoms with Crippen LogP contribution in [0.5, 0.6) is 0 Å². The molecule has 0 saturated carbocycles. The first-order valence-electron chi connectivity index (χ1n) is 3.76. The average Bonchev–Trinajstić information content (AvgIpc) is 2.10. The first-order valence-corrected chi connectivity index (χ1v) is 3.76. The molecule has 0 aliphatic rings. The van der Waals surface area contributed by atoms with Crippen molar-refractivity contribution in [2.75, 3.05) is 6.54 Å². The van der Waals surface area contributed by atoms with Crippen LogP contribution in [-0.4, -0.2) is 17.5 Å².